The number of halogens is 2. The van der Waals surface area contributed by atoms with E-state index in [0.717, 1.165) is 27.7 Å². The fourth-order valence-electron chi connectivity index (χ4n) is 2.95. The quantitative estimate of drug-likeness (QED) is 0.805. The highest BCUT2D eigenvalue weighted by Crippen LogP contribution is 2.45. The Morgan fingerprint density at radius 1 is 1.29 bits per heavy atom. The number of hydrogen-bond acceptors (Lipinski definition) is 4. The van der Waals surface area contributed by atoms with E-state index in [1.165, 1.54) is 23.5 Å². The summed E-state index contributed by atoms with van der Waals surface area (Å²) in [4.78, 5) is 4.57. The van der Waals surface area contributed by atoms with Crippen LogP contribution in [0.4, 0.5) is 4.39 Å². The predicted molar refractivity (Wildman–Crippen MR) is 95.0 cm³/mol. The molecule has 0 amide bonds. The number of rotatable bonds is 2. The monoisotopic (exact) mass is 359 g/mol. The molecule has 0 saturated carbocycles. The van der Waals surface area contributed by atoms with Crippen molar-refractivity contribution < 1.29 is 4.39 Å². The molecule has 0 radical (unpaired) electrons. The number of hydrogen-bond donors (Lipinski definition) is 1. The van der Waals surface area contributed by atoms with E-state index in [1.807, 2.05) is 26.2 Å². The van der Waals surface area contributed by atoms with Gasteiger partial charge in [-0.3, -0.25) is 0 Å². The fourth-order valence-corrected chi connectivity index (χ4v) is 4.16. The summed E-state index contributed by atoms with van der Waals surface area (Å²) in [6.45, 7) is 5.74. The van der Waals surface area contributed by atoms with Gasteiger partial charge in [-0.15, -0.1) is 11.3 Å². The highest BCUT2D eigenvalue weighted by atomic mass is 35.5. The minimum Gasteiger partial charge on any atom is -0.362 e. The maximum absolute atomic E-state index is 13.5. The van der Waals surface area contributed by atoms with Crippen molar-refractivity contribution in [2.45, 2.75) is 26.7 Å². The van der Waals surface area contributed by atoms with Crippen molar-refractivity contribution in [1.29, 1.82) is 5.26 Å². The number of benzene rings is 1. The molecule has 1 aromatic carbocycles. The number of thiazole rings is 1. The van der Waals surface area contributed by atoms with Gasteiger partial charge in [-0.25, -0.2) is 9.37 Å². The zero-order valence-electron chi connectivity index (χ0n) is 13.4. The van der Waals surface area contributed by atoms with E-state index in [9.17, 15) is 9.65 Å². The van der Waals surface area contributed by atoms with E-state index < -0.39 is 5.82 Å². The molecule has 1 unspecified atom stereocenters. The van der Waals surface area contributed by atoms with Gasteiger partial charge in [-0.1, -0.05) is 17.7 Å². The van der Waals surface area contributed by atoms with Gasteiger partial charge in [0, 0.05) is 33.1 Å². The lowest BCUT2D eigenvalue weighted by atomic mass is 9.81. The number of aryl methyl sites for hydroxylation is 1. The van der Waals surface area contributed by atoms with E-state index in [2.05, 4.69) is 16.4 Å². The summed E-state index contributed by atoms with van der Waals surface area (Å²) in [6, 6.07) is 6.57. The first-order valence-electron chi connectivity index (χ1n) is 7.38. The Kier molecular flexibility index (Phi) is 4.44. The minimum absolute atomic E-state index is 0.307. The van der Waals surface area contributed by atoms with Gasteiger partial charge in [0.15, 0.2) is 0 Å². The maximum atomic E-state index is 13.5. The van der Waals surface area contributed by atoms with Crippen LogP contribution in [0, 0.1) is 24.1 Å². The van der Waals surface area contributed by atoms with Crippen molar-refractivity contribution >= 4 is 28.5 Å². The van der Waals surface area contributed by atoms with Crippen LogP contribution >= 0.6 is 22.9 Å². The zero-order chi connectivity index (χ0) is 17.4. The summed E-state index contributed by atoms with van der Waals surface area (Å²) < 4.78 is 13.5. The second-order valence-electron chi connectivity index (χ2n) is 5.71. The van der Waals surface area contributed by atoms with Crippen LogP contribution in [0.1, 0.15) is 36.0 Å². The molecule has 2 aromatic rings. The standard InChI is InChI=1S/C18H15ClFN3S/c1-9-8-24-18(22-9)16-11(3)23-10(2)14(7-21)17(16)13-5-4-12(20)6-15(13)19/h4-6,8,17,23H,1-3H3. The molecule has 0 saturated heterocycles. The van der Waals surface area contributed by atoms with Crippen LogP contribution in [-0.4, -0.2) is 4.98 Å². The molecule has 2 heterocycles. The average Bonchev–Trinajstić information content (AvgIpc) is 2.93. The first-order chi connectivity index (χ1) is 11.4. The molecule has 1 aliphatic heterocycles. The second kappa shape index (κ2) is 6.39. The van der Waals surface area contributed by atoms with E-state index in [0.29, 0.717) is 16.2 Å². The second-order valence-corrected chi connectivity index (χ2v) is 6.97. The van der Waals surface area contributed by atoms with Crippen LogP contribution in [-0.2, 0) is 0 Å². The van der Waals surface area contributed by atoms with Gasteiger partial charge >= 0.3 is 0 Å². The lowest BCUT2D eigenvalue weighted by molar-refractivity contribution is 0.627. The Hall–Kier alpha value is -2.16. The number of allylic oxidation sites excluding steroid dienone is 4. The molecule has 1 atom stereocenters. The molecule has 3 rings (SSSR count). The molecule has 24 heavy (non-hydrogen) atoms. The van der Waals surface area contributed by atoms with E-state index in [4.69, 9.17) is 11.6 Å². The summed E-state index contributed by atoms with van der Waals surface area (Å²) in [5.41, 5.74) is 4.80. The Balaban J connectivity index is 2.25. The molecule has 0 fully saturated rings. The van der Waals surface area contributed by atoms with E-state index in [-0.39, 0.29) is 5.92 Å². The molecular formula is C18H15ClFN3S. The number of nitriles is 1. The number of aromatic nitrogens is 1. The molecule has 1 aromatic heterocycles. The molecule has 122 valence electrons. The SMILES string of the molecule is CC1=C(C#N)C(c2ccc(F)cc2Cl)C(c2nc(C)cs2)=C(C)N1. The van der Waals surface area contributed by atoms with Gasteiger partial charge in [-0.2, -0.15) is 5.26 Å². The lowest BCUT2D eigenvalue weighted by Crippen LogP contribution is -2.23. The Morgan fingerprint density at radius 3 is 2.62 bits per heavy atom. The van der Waals surface area contributed by atoms with Crippen LogP contribution in [0.2, 0.25) is 5.02 Å². The van der Waals surface area contributed by atoms with E-state index in [1.54, 1.807) is 6.07 Å². The Bertz CT molecular complexity index is 921. The van der Waals surface area contributed by atoms with Gasteiger partial charge < -0.3 is 5.32 Å². The third-order valence-corrected chi connectivity index (χ3v) is 5.32. The first-order valence-corrected chi connectivity index (χ1v) is 8.64. The average molecular weight is 360 g/mol. The summed E-state index contributed by atoms with van der Waals surface area (Å²) >= 11 is 7.83. The van der Waals surface area contributed by atoms with Gasteiger partial charge in [0.25, 0.3) is 0 Å². The molecule has 6 heteroatoms. The largest absolute Gasteiger partial charge is 0.362 e. The van der Waals surface area contributed by atoms with Crippen molar-refractivity contribution in [2.24, 2.45) is 0 Å². The van der Waals surface area contributed by atoms with Gasteiger partial charge in [-0.05, 0) is 38.5 Å². The smallest absolute Gasteiger partial charge is 0.124 e. The zero-order valence-corrected chi connectivity index (χ0v) is 15.0. The topological polar surface area (TPSA) is 48.7 Å². The Morgan fingerprint density at radius 2 is 2.04 bits per heavy atom. The molecule has 0 bridgehead atoms. The van der Waals surface area contributed by atoms with Crippen molar-refractivity contribution in [2.75, 3.05) is 0 Å². The third-order valence-electron chi connectivity index (χ3n) is 4.00. The van der Waals surface area contributed by atoms with Gasteiger partial charge in [0.1, 0.15) is 10.8 Å². The van der Waals surface area contributed by atoms with Gasteiger partial charge in [0.2, 0.25) is 0 Å². The molecule has 0 aliphatic carbocycles. The van der Waals surface area contributed by atoms with Crippen LogP contribution in [0.5, 0.6) is 0 Å². The van der Waals surface area contributed by atoms with Crippen molar-refractivity contribution in [1.82, 2.24) is 10.3 Å². The highest BCUT2D eigenvalue weighted by molar-refractivity contribution is 7.10. The van der Waals surface area contributed by atoms with E-state index >= 15 is 0 Å². The van der Waals surface area contributed by atoms with Gasteiger partial charge in [0.05, 0.1) is 17.6 Å². The molecule has 3 nitrogen and oxygen atoms in total. The lowest BCUT2D eigenvalue weighted by Gasteiger charge is -2.29. The molecule has 1 aliphatic rings. The minimum atomic E-state index is -0.399. The Labute approximate surface area is 149 Å². The van der Waals surface area contributed by atoms with Crippen molar-refractivity contribution in [3.63, 3.8) is 0 Å². The predicted octanol–water partition coefficient (Wildman–Crippen LogP) is 5.16. The van der Waals surface area contributed by atoms with Crippen LogP contribution in [0.25, 0.3) is 5.57 Å². The third kappa shape index (κ3) is 2.83. The summed E-state index contributed by atoms with van der Waals surface area (Å²) in [5.74, 6) is -0.765. The van der Waals surface area contributed by atoms with Crippen molar-refractivity contribution in [3.8, 4) is 6.07 Å². The summed E-state index contributed by atoms with van der Waals surface area (Å²) in [6.07, 6.45) is 0. The molecule has 1 N–H and O–H groups in total. The van der Waals surface area contributed by atoms with Crippen LogP contribution in [0.15, 0.2) is 40.5 Å². The maximum Gasteiger partial charge on any atom is 0.124 e. The molecule has 0 spiro atoms. The molecular weight excluding hydrogens is 345 g/mol. The highest BCUT2D eigenvalue weighted by Gasteiger charge is 2.32. The van der Waals surface area contributed by atoms with Crippen molar-refractivity contribution in [3.05, 3.63) is 67.7 Å². The summed E-state index contributed by atoms with van der Waals surface area (Å²) in [7, 11) is 0. The van der Waals surface area contributed by atoms with Crippen LogP contribution in [0.3, 0.4) is 0 Å². The van der Waals surface area contributed by atoms with Crippen LogP contribution < -0.4 is 5.32 Å². The number of dihydropyridines is 1. The summed E-state index contributed by atoms with van der Waals surface area (Å²) in [5, 5.41) is 16.1. The number of nitrogens with one attached hydrogen (secondary N) is 1. The normalized spacial score (nSPS) is 17.8. The fraction of sp³-hybridized carbons (Fsp3) is 0.222. The number of nitrogens with zero attached hydrogens (tertiary/aromatic N) is 2. The first kappa shape index (κ1) is 16.7.